The lowest BCUT2D eigenvalue weighted by molar-refractivity contribution is -0.393. The first-order valence-electron chi connectivity index (χ1n) is 5.57. The molecule has 0 fully saturated rings. The van der Waals surface area contributed by atoms with Crippen molar-refractivity contribution < 1.29 is 9.85 Å². The van der Waals surface area contributed by atoms with E-state index < -0.39 is 9.85 Å². The number of benzene rings is 2. The van der Waals surface area contributed by atoms with E-state index in [9.17, 15) is 20.2 Å². The summed E-state index contributed by atoms with van der Waals surface area (Å²) in [6.07, 6.45) is 0. The zero-order valence-corrected chi connectivity index (χ0v) is 10.7. The molecule has 1 aliphatic rings. The number of para-hydroxylation sites is 1. The summed E-state index contributed by atoms with van der Waals surface area (Å²) < 4.78 is 0. The first kappa shape index (κ1) is 12.4. The van der Waals surface area contributed by atoms with Crippen molar-refractivity contribution >= 4 is 34.5 Å². The van der Waals surface area contributed by atoms with Gasteiger partial charge in [0, 0.05) is 15.9 Å². The van der Waals surface area contributed by atoms with Crippen LogP contribution in [-0.2, 0) is 0 Å². The molecule has 1 heterocycles. The Morgan fingerprint density at radius 1 is 1.00 bits per heavy atom. The fraction of sp³-hybridized carbons (Fsp3) is 0. The molecule has 0 amide bonds. The molecule has 20 heavy (non-hydrogen) atoms. The summed E-state index contributed by atoms with van der Waals surface area (Å²) in [7, 11) is 0. The highest BCUT2D eigenvalue weighted by atomic mass is 32.2. The smallest absolute Gasteiger partial charge is 0.300 e. The van der Waals surface area contributed by atoms with Gasteiger partial charge in [0.15, 0.2) is 0 Å². The zero-order chi connectivity index (χ0) is 14.3. The number of nitrogens with one attached hydrogen (secondary N) is 1. The standard InChI is InChI=1S/C12H7N3O4S/c16-14(17)7-5-9(15(18)19)12-11(6-7)20-10-4-2-1-3-8(10)13-12/h1-6,13H. The van der Waals surface area contributed by atoms with E-state index in [-0.39, 0.29) is 11.4 Å². The molecule has 2 aromatic carbocycles. The summed E-state index contributed by atoms with van der Waals surface area (Å²) in [6, 6.07) is 9.62. The van der Waals surface area contributed by atoms with Crippen LogP contribution in [-0.4, -0.2) is 9.85 Å². The van der Waals surface area contributed by atoms with Crippen LogP contribution < -0.4 is 5.32 Å². The average Bonchev–Trinajstić information content (AvgIpc) is 2.43. The molecule has 0 aliphatic carbocycles. The molecule has 1 aliphatic heterocycles. The first-order valence-corrected chi connectivity index (χ1v) is 6.38. The monoisotopic (exact) mass is 289 g/mol. The predicted molar refractivity (Wildman–Crippen MR) is 73.6 cm³/mol. The summed E-state index contributed by atoms with van der Waals surface area (Å²) in [5, 5.41) is 24.9. The van der Waals surface area contributed by atoms with Gasteiger partial charge in [-0.3, -0.25) is 20.2 Å². The molecule has 1 N–H and O–H groups in total. The summed E-state index contributed by atoms with van der Waals surface area (Å²) in [6.45, 7) is 0. The molecule has 0 radical (unpaired) electrons. The van der Waals surface area contributed by atoms with Crippen molar-refractivity contribution in [2.45, 2.75) is 9.79 Å². The molecule has 100 valence electrons. The lowest BCUT2D eigenvalue weighted by atomic mass is 10.2. The maximum Gasteiger partial charge on any atom is 0.300 e. The molecule has 0 atom stereocenters. The highest BCUT2D eigenvalue weighted by Gasteiger charge is 2.28. The third-order valence-electron chi connectivity index (χ3n) is 2.84. The van der Waals surface area contributed by atoms with Gasteiger partial charge in [-0.25, -0.2) is 0 Å². The molecule has 8 heteroatoms. The van der Waals surface area contributed by atoms with E-state index in [1.807, 2.05) is 18.2 Å². The predicted octanol–water partition coefficient (Wildman–Crippen LogP) is 3.71. The number of nitro groups is 2. The summed E-state index contributed by atoms with van der Waals surface area (Å²) in [5.74, 6) is 0. The van der Waals surface area contributed by atoms with Gasteiger partial charge < -0.3 is 5.32 Å². The number of hydrogen-bond acceptors (Lipinski definition) is 6. The Kier molecular flexibility index (Phi) is 2.79. The second kappa shape index (κ2) is 4.49. The van der Waals surface area contributed by atoms with E-state index in [1.165, 1.54) is 17.8 Å². The third-order valence-corrected chi connectivity index (χ3v) is 3.96. The largest absolute Gasteiger partial charge is 0.348 e. The number of non-ortho nitro benzene ring substituents is 1. The van der Waals surface area contributed by atoms with E-state index in [4.69, 9.17) is 0 Å². The van der Waals surface area contributed by atoms with Crippen molar-refractivity contribution in [3.63, 3.8) is 0 Å². The zero-order valence-electron chi connectivity index (χ0n) is 9.90. The lowest BCUT2D eigenvalue weighted by Gasteiger charge is -2.19. The SMILES string of the molecule is O=[N+]([O-])c1cc2c(c([N+](=O)[O-])c1)Nc1ccccc1S2. The molecule has 7 nitrogen and oxygen atoms in total. The van der Waals surface area contributed by atoms with E-state index in [2.05, 4.69) is 5.32 Å². The Bertz CT molecular complexity index is 747. The van der Waals surface area contributed by atoms with Crippen molar-refractivity contribution in [3.8, 4) is 0 Å². The third kappa shape index (κ3) is 1.95. The maximum atomic E-state index is 11.1. The second-order valence-corrected chi connectivity index (χ2v) is 5.16. The lowest BCUT2D eigenvalue weighted by Crippen LogP contribution is -2.04. The highest BCUT2D eigenvalue weighted by molar-refractivity contribution is 7.99. The van der Waals surface area contributed by atoms with Gasteiger partial charge in [-0.15, -0.1) is 0 Å². The van der Waals surface area contributed by atoms with Gasteiger partial charge >= 0.3 is 5.69 Å². The molecule has 0 bridgehead atoms. The number of nitrogens with zero attached hydrogens (tertiary/aromatic N) is 2. The number of hydrogen-bond donors (Lipinski definition) is 1. The second-order valence-electron chi connectivity index (χ2n) is 4.08. The molecule has 0 spiro atoms. The van der Waals surface area contributed by atoms with Gasteiger partial charge in [-0.1, -0.05) is 23.9 Å². The van der Waals surface area contributed by atoms with Gasteiger partial charge in [0.1, 0.15) is 5.69 Å². The van der Waals surface area contributed by atoms with Crippen molar-refractivity contribution in [2.75, 3.05) is 5.32 Å². The first-order chi connectivity index (χ1) is 9.56. The maximum absolute atomic E-state index is 11.1. The van der Waals surface area contributed by atoms with Crippen LogP contribution in [0, 0.1) is 20.2 Å². The van der Waals surface area contributed by atoms with Crippen LogP contribution in [0.1, 0.15) is 0 Å². The quantitative estimate of drug-likeness (QED) is 0.570. The minimum Gasteiger partial charge on any atom is -0.348 e. The number of fused-ring (bicyclic) bond motifs is 2. The van der Waals surface area contributed by atoms with Crippen LogP contribution in [0.5, 0.6) is 0 Å². The van der Waals surface area contributed by atoms with Crippen molar-refractivity contribution in [3.05, 3.63) is 56.6 Å². The van der Waals surface area contributed by atoms with E-state index >= 15 is 0 Å². The molecule has 0 saturated heterocycles. The topological polar surface area (TPSA) is 98.3 Å². The molecule has 3 rings (SSSR count). The number of anilines is 2. The molecule has 0 unspecified atom stereocenters. The van der Waals surface area contributed by atoms with Crippen LogP contribution in [0.2, 0.25) is 0 Å². The minimum absolute atomic E-state index is 0.288. The molecular formula is C12H7N3O4S. The summed E-state index contributed by atoms with van der Waals surface area (Å²) in [4.78, 5) is 22.1. The van der Waals surface area contributed by atoms with Crippen molar-refractivity contribution in [2.24, 2.45) is 0 Å². The fourth-order valence-electron chi connectivity index (χ4n) is 1.95. The van der Waals surface area contributed by atoms with Crippen LogP contribution in [0.4, 0.5) is 22.7 Å². The van der Waals surface area contributed by atoms with Crippen LogP contribution in [0.25, 0.3) is 0 Å². The highest BCUT2D eigenvalue weighted by Crippen LogP contribution is 2.49. The van der Waals surface area contributed by atoms with Gasteiger partial charge in [0.25, 0.3) is 5.69 Å². The van der Waals surface area contributed by atoms with Crippen LogP contribution in [0.3, 0.4) is 0 Å². The Balaban J connectivity index is 2.19. The van der Waals surface area contributed by atoms with E-state index in [0.717, 1.165) is 16.6 Å². The van der Waals surface area contributed by atoms with Gasteiger partial charge in [0.05, 0.1) is 21.6 Å². The molecule has 0 aromatic heterocycles. The Labute approximate surface area is 116 Å². The Morgan fingerprint density at radius 3 is 2.45 bits per heavy atom. The Hall–Kier alpha value is -2.61. The van der Waals surface area contributed by atoms with Gasteiger partial charge in [-0.05, 0) is 12.1 Å². The average molecular weight is 289 g/mol. The Morgan fingerprint density at radius 2 is 1.75 bits per heavy atom. The van der Waals surface area contributed by atoms with Crippen LogP contribution >= 0.6 is 11.8 Å². The van der Waals surface area contributed by atoms with Crippen molar-refractivity contribution in [1.82, 2.24) is 0 Å². The number of nitro benzene ring substituents is 2. The normalized spacial score (nSPS) is 12.0. The fourth-order valence-corrected chi connectivity index (χ4v) is 3.00. The number of rotatable bonds is 2. The minimum atomic E-state index is -0.631. The van der Waals surface area contributed by atoms with E-state index in [0.29, 0.717) is 10.6 Å². The van der Waals surface area contributed by atoms with Crippen molar-refractivity contribution in [1.29, 1.82) is 0 Å². The molecule has 2 aromatic rings. The molecule has 0 saturated carbocycles. The van der Waals surface area contributed by atoms with Gasteiger partial charge in [-0.2, -0.15) is 0 Å². The summed E-state index contributed by atoms with van der Waals surface area (Å²) >= 11 is 1.27. The van der Waals surface area contributed by atoms with Crippen LogP contribution in [0.15, 0.2) is 46.2 Å². The summed E-state index contributed by atoms with van der Waals surface area (Å²) in [5.41, 5.74) is 0.464. The molecular weight excluding hydrogens is 282 g/mol. The van der Waals surface area contributed by atoms with Gasteiger partial charge in [0.2, 0.25) is 0 Å². The van der Waals surface area contributed by atoms with E-state index in [1.54, 1.807) is 6.07 Å².